The lowest BCUT2D eigenvalue weighted by atomic mass is 10.2. The summed E-state index contributed by atoms with van der Waals surface area (Å²) < 4.78 is 10.5. The van der Waals surface area contributed by atoms with E-state index in [0.717, 1.165) is 0 Å². The van der Waals surface area contributed by atoms with Gasteiger partial charge in [0.25, 0.3) is 0 Å². The molecule has 6 heteroatoms. The molecule has 0 bridgehead atoms. The molecule has 2 aromatic carbocycles. The molecule has 0 radical (unpaired) electrons. The zero-order valence-electron chi connectivity index (χ0n) is 10.2. The Bertz CT molecular complexity index is 613. The van der Waals surface area contributed by atoms with Crippen LogP contribution in [0.25, 0.3) is 0 Å². The number of anilines is 1. The van der Waals surface area contributed by atoms with Crippen LogP contribution in [-0.4, -0.2) is 12.0 Å². The van der Waals surface area contributed by atoms with E-state index < -0.39 is 4.92 Å². The van der Waals surface area contributed by atoms with Crippen LogP contribution in [-0.2, 0) is 0 Å². The van der Waals surface area contributed by atoms with Gasteiger partial charge in [-0.2, -0.15) is 0 Å². The van der Waals surface area contributed by atoms with Crippen LogP contribution in [0.2, 0.25) is 0 Å². The van der Waals surface area contributed by atoms with Crippen molar-refractivity contribution in [2.75, 3.05) is 12.8 Å². The third-order valence-electron chi connectivity index (χ3n) is 2.45. The molecule has 0 aliphatic carbocycles. The minimum Gasteiger partial charge on any atom is -0.490 e. The quantitative estimate of drug-likeness (QED) is 0.518. The minimum absolute atomic E-state index is 0.106. The van der Waals surface area contributed by atoms with Gasteiger partial charge in [0.05, 0.1) is 12.0 Å². The van der Waals surface area contributed by atoms with E-state index in [9.17, 15) is 10.1 Å². The van der Waals surface area contributed by atoms with Gasteiger partial charge in [0.2, 0.25) is 11.5 Å². The van der Waals surface area contributed by atoms with Gasteiger partial charge in [-0.25, -0.2) is 0 Å². The lowest BCUT2D eigenvalue weighted by Gasteiger charge is -2.09. The average Bonchev–Trinajstić information content (AvgIpc) is 2.38. The number of benzene rings is 2. The van der Waals surface area contributed by atoms with Gasteiger partial charge < -0.3 is 15.2 Å². The van der Waals surface area contributed by atoms with Crippen molar-refractivity contribution in [1.82, 2.24) is 0 Å². The molecule has 0 aliphatic heterocycles. The van der Waals surface area contributed by atoms with Crippen LogP contribution >= 0.6 is 0 Å². The number of methoxy groups -OCH3 is 1. The Morgan fingerprint density at radius 3 is 2.47 bits per heavy atom. The number of ether oxygens (including phenoxy) is 2. The minimum atomic E-state index is -0.541. The number of hydrogen-bond acceptors (Lipinski definition) is 5. The second kappa shape index (κ2) is 5.26. The molecule has 0 spiro atoms. The molecule has 98 valence electrons. The van der Waals surface area contributed by atoms with Crippen LogP contribution in [0.5, 0.6) is 17.2 Å². The summed E-state index contributed by atoms with van der Waals surface area (Å²) >= 11 is 0. The van der Waals surface area contributed by atoms with Gasteiger partial charge >= 0.3 is 5.69 Å². The summed E-state index contributed by atoms with van der Waals surface area (Å²) in [7, 11) is 1.37. The first kappa shape index (κ1) is 12.7. The summed E-state index contributed by atoms with van der Waals surface area (Å²) in [5.41, 5.74) is 5.93. The molecule has 0 aliphatic rings. The molecular weight excluding hydrogens is 248 g/mol. The van der Waals surface area contributed by atoms with Crippen molar-refractivity contribution >= 4 is 11.4 Å². The standard InChI is InChI=1S/C13H12N2O4/c1-18-11-6-3-7-12(13(11)15(16)17)19-10-5-2-4-9(14)8-10/h2-8H,14H2,1H3. The molecule has 0 amide bonds. The van der Waals surface area contributed by atoms with Crippen molar-refractivity contribution in [2.24, 2.45) is 0 Å². The molecule has 2 N–H and O–H groups in total. The molecule has 0 aromatic heterocycles. The smallest absolute Gasteiger partial charge is 0.352 e. The molecule has 0 atom stereocenters. The molecule has 19 heavy (non-hydrogen) atoms. The Kier molecular flexibility index (Phi) is 3.51. The number of para-hydroxylation sites is 1. The normalized spacial score (nSPS) is 9.95. The van der Waals surface area contributed by atoms with Crippen LogP contribution < -0.4 is 15.2 Å². The second-order valence-electron chi connectivity index (χ2n) is 3.74. The van der Waals surface area contributed by atoms with E-state index in [1.54, 1.807) is 30.3 Å². The molecule has 2 rings (SSSR count). The Morgan fingerprint density at radius 1 is 1.16 bits per heavy atom. The number of nitro groups is 1. The summed E-state index contributed by atoms with van der Waals surface area (Å²) in [6.45, 7) is 0. The molecule has 0 unspecified atom stereocenters. The average molecular weight is 260 g/mol. The number of nitro benzene ring substituents is 1. The number of nitrogens with two attached hydrogens (primary N) is 1. The highest BCUT2D eigenvalue weighted by molar-refractivity contribution is 5.58. The first-order valence-electron chi connectivity index (χ1n) is 5.46. The third-order valence-corrected chi connectivity index (χ3v) is 2.45. The van der Waals surface area contributed by atoms with Crippen LogP contribution in [0.15, 0.2) is 42.5 Å². The molecule has 6 nitrogen and oxygen atoms in total. The topological polar surface area (TPSA) is 87.6 Å². The van der Waals surface area contributed by atoms with E-state index in [1.807, 2.05) is 0 Å². The third kappa shape index (κ3) is 2.74. The molecule has 2 aromatic rings. The first-order chi connectivity index (χ1) is 9.11. The van der Waals surface area contributed by atoms with Crippen LogP contribution in [0, 0.1) is 10.1 Å². The number of rotatable bonds is 4. The fourth-order valence-electron chi connectivity index (χ4n) is 1.63. The Balaban J connectivity index is 2.42. The van der Waals surface area contributed by atoms with E-state index in [-0.39, 0.29) is 17.2 Å². The highest BCUT2D eigenvalue weighted by Crippen LogP contribution is 2.38. The van der Waals surface area contributed by atoms with Crippen LogP contribution in [0.1, 0.15) is 0 Å². The number of nitrogens with zero attached hydrogens (tertiary/aromatic N) is 1. The van der Waals surface area contributed by atoms with Crippen LogP contribution in [0.3, 0.4) is 0 Å². The predicted molar refractivity (Wildman–Crippen MR) is 70.6 cm³/mol. The highest BCUT2D eigenvalue weighted by atomic mass is 16.6. The monoisotopic (exact) mass is 260 g/mol. The van der Waals surface area contributed by atoms with Gasteiger partial charge in [-0.1, -0.05) is 12.1 Å². The van der Waals surface area contributed by atoms with Gasteiger partial charge in [-0.05, 0) is 24.3 Å². The summed E-state index contributed by atoms with van der Waals surface area (Å²) in [4.78, 5) is 10.5. The molecule has 0 heterocycles. The van der Waals surface area contributed by atoms with Crippen LogP contribution in [0.4, 0.5) is 11.4 Å². The zero-order chi connectivity index (χ0) is 13.8. The number of hydrogen-bond donors (Lipinski definition) is 1. The molecule has 0 saturated carbocycles. The maximum atomic E-state index is 11.1. The van der Waals surface area contributed by atoms with E-state index in [2.05, 4.69) is 0 Å². The Labute approximate surface area is 109 Å². The van der Waals surface area contributed by atoms with Gasteiger partial charge in [0.1, 0.15) is 5.75 Å². The van der Waals surface area contributed by atoms with Crippen molar-refractivity contribution in [3.8, 4) is 17.2 Å². The van der Waals surface area contributed by atoms with Crippen molar-refractivity contribution in [3.63, 3.8) is 0 Å². The number of nitrogen functional groups attached to an aromatic ring is 1. The van der Waals surface area contributed by atoms with E-state index >= 15 is 0 Å². The fourth-order valence-corrected chi connectivity index (χ4v) is 1.63. The summed E-state index contributed by atoms with van der Waals surface area (Å²) in [5.74, 6) is 0.678. The predicted octanol–water partition coefficient (Wildman–Crippen LogP) is 2.98. The van der Waals surface area contributed by atoms with Gasteiger partial charge in [0.15, 0.2) is 0 Å². The SMILES string of the molecule is COc1cccc(Oc2cccc(N)c2)c1[N+](=O)[O-]. The Morgan fingerprint density at radius 2 is 1.84 bits per heavy atom. The van der Waals surface area contributed by atoms with E-state index in [4.69, 9.17) is 15.2 Å². The second-order valence-corrected chi connectivity index (χ2v) is 3.74. The maximum Gasteiger partial charge on any atom is 0.352 e. The summed E-state index contributed by atoms with van der Waals surface area (Å²) in [6, 6.07) is 11.3. The van der Waals surface area contributed by atoms with Crippen molar-refractivity contribution in [1.29, 1.82) is 0 Å². The summed E-state index contributed by atoms with van der Waals surface area (Å²) in [6.07, 6.45) is 0. The Hall–Kier alpha value is -2.76. The zero-order valence-corrected chi connectivity index (χ0v) is 10.2. The highest BCUT2D eigenvalue weighted by Gasteiger charge is 2.22. The first-order valence-corrected chi connectivity index (χ1v) is 5.46. The molecule has 0 fully saturated rings. The molecule has 0 saturated heterocycles. The fraction of sp³-hybridized carbons (Fsp3) is 0.0769. The van der Waals surface area contributed by atoms with Gasteiger partial charge in [-0.3, -0.25) is 10.1 Å². The lowest BCUT2D eigenvalue weighted by molar-refractivity contribution is -0.386. The van der Waals surface area contributed by atoms with Gasteiger partial charge in [0, 0.05) is 11.8 Å². The summed E-state index contributed by atoms with van der Waals surface area (Å²) in [5, 5.41) is 11.1. The van der Waals surface area contributed by atoms with Crippen molar-refractivity contribution < 1.29 is 14.4 Å². The van der Waals surface area contributed by atoms with E-state index in [1.165, 1.54) is 19.2 Å². The van der Waals surface area contributed by atoms with Gasteiger partial charge in [-0.15, -0.1) is 0 Å². The van der Waals surface area contributed by atoms with E-state index in [0.29, 0.717) is 11.4 Å². The van der Waals surface area contributed by atoms with Crippen molar-refractivity contribution in [2.45, 2.75) is 0 Å². The molecular formula is C13H12N2O4. The van der Waals surface area contributed by atoms with Crippen molar-refractivity contribution in [3.05, 3.63) is 52.6 Å². The largest absolute Gasteiger partial charge is 0.490 e. The maximum absolute atomic E-state index is 11.1. The lowest BCUT2D eigenvalue weighted by Crippen LogP contribution is -1.97.